The quantitative estimate of drug-likeness (QED) is 0.800. The fourth-order valence-corrected chi connectivity index (χ4v) is 2.24. The summed E-state index contributed by atoms with van der Waals surface area (Å²) in [6.07, 6.45) is 0.689. The Balaban J connectivity index is 2.19. The second-order valence-corrected chi connectivity index (χ2v) is 5.46. The van der Waals surface area contributed by atoms with Crippen molar-refractivity contribution in [1.82, 2.24) is 9.97 Å². The average Bonchev–Trinajstić information content (AvgIpc) is 2.45. The zero-order valence-electron chi connectivity index (χ0n) is 13.2. The van der Waals surface area contributed by atoms with E-state index in [0.717, 1.165) is 17.0 Å². The van der Waals surface area contributed by atoms with Crippen molar-refractivity contribution in [2.75, 3.05) is 11.9 Å². The van der Waals surface area contributed by atoms with Crippen molar-refractivity contribution >= 4 is 11.9 Å². The summed E-state index contributed by atoms with van der Waals surface area (Å²) in [4.78, 5) is 19.4. The number of carbonyl (C=O) groups is 1. The molecule has 1 heterocycles. The van der Waals surface area contributed by atoms with Gasteiger partial charge in [0, 0.05) is 24.2 Å². The standard InChI is InChI=1S/C17H21N3O2/c1-11-6-7-12(2)14(9-11)15-10-13(3)19-17(20-15)18-8-4-5-16(21)22/h6-7,9-10H,4-5,8H2,1-3H3,(H,21,22)(H,18,19,20). The average molecular weight is 299 g/mol. The lowest BCUT2D eigenvalue weighted by Gasteiger charge is -2.10. The number of carboxylic acids is 1. The third-order valence-electron chi connectivity index (χ3n) is 3.37. The molecule has 5 nitrogen and oxygen atoms in total. The number of hydrogen-bond donors (Lipinski definition) is 2. The highest BCUT2D eigenvalue weighted by Crippen LogP contribution is 2.24. The van der Waals surface area contributed by atoms with E-state index in [1.807, 2.05) is 13.0 Å². The van der Waals surface area contributed by atoms with E-state index >= 15 is 0 Å². The summed E-state index contributed by atoms with van der Waals surface area (Å²) < 4.78 is 0. The number of hydrogen-bond acceptors (Lipinski definition) is 4. The number of nitrogens with one attached hydrogen (secondary N) is 1. The lowest BCUT2D eigenvalue weighted by Crippen LogP contribution is -2.08. The van der Waals surface area contributed by atoms with Crippen molar-refractivity contribution in [1.29, 1.82) is 0 Å². The smallest absolute Gasteiger partial charge is 0.303 e. The topological polar surface area (TPSA) is 75.1 Å². The van der Waals surface area contributed by atoms with Crippen molar-refractivity contribution in [3.8, 4) is 11.3 Å². The van der Waals surface area contributed by atoms with Gasteiger partial charge in [-0.1, -0.05) is 17.7 Å². The Morgan fingerprint density at radius 3 is 2.68 bits per heavy atom. The first-order valence-electron chi connectivity index (χ1n) is 7.34. The van der Waals surface area contributed by atoms with Crippen LogP contribution in [-0.4, -0.2) is 27.6 Å². The Bertz CT molecular complexity index is 684. The maximum atomic E-state index is 10.5. The van der Waals surface area contributed by atoms with Crippen LogP contribution in [0.5, 0.6) is 0 Å². The van der Waals surface area contributed by atoms with Crippen LogP contribution in [0, 0.1) is 20.8 Å². The Kier molecular flexibility index (Phi) is 5.09. The van der Waals surface area contributed by atoms with Gasteiger partial charge in [0.1, 0.15) is 0 Å². The van der Waals surface area contributed by atoms with Crippen molar-refractivity contribution in [2.24, 2.45) is 0 Å². The second kappa shape index (κ2) is 7.02. The maximum absolute atomic E-state index is 10.5. The lowest BCUT2D eigenvalue weighted by molar-refractivity contribution is -0.137. The first kappa shape index (κ1) is 15.9. The third kappa shape index (κ3) is 4.28. The van der Waals surface area contributed by atoms with Crippen LogP contribution in [-0.2, 0) is 4.79 Å². The van der Waals surface area contributed by atoms with Gasteiger partial charge in [-0.2, -0.15) is 0 Å². The molecule has 0 aliphatic carbocycles. The van der Waals surface area contributed by atoms with E-state index in [1.165, 1.54) is 11.1 Å². The van der Waals surface area contributed by atoms with E-state index in [9.17, 15) is 4.79 Å². The number of carboxylic acid groups (broad SMARTS) is 1. The van der Waals surface area contributed by atoms with Crippen LogP contribution in [0.25, 0.3) is 11.3 Å². The van der Waals surface area contributed by atoms with Crippen molar-refractivity contribution in [2.45, 2.75) is 33.6 Å². The molecule has 0 bridgehead atoms. The van der Waals surface area contributed by atoms with Crippen LogP contribution in [0.4, 0.5) is 5.95 Å². The molecule has 0 atom stereocenters. The van der Waals surface area contributed by atoms with Gasteiger partial charge in [0.05, 0.1) is 5.69 Å². The summed E-state index contributed by atoms with van der Waals surface area (Å²) in [5.41, 5.74) is 5.22. The van der Waals surface area contributed by atoms with Gasteiger partial charge < -0.3 is 10.4 Å². The molecule has 116 valence electrons. The molecule has 22 heavy (non-hydrogen) atoms. The van der Waals surface area contributed by atoms with E-state index in [1.54, 1.807) is 0 Å². The summed E-state index contributed by atoms with van der Waals surface area (Å²) in [7, 11) is 0. The molecule has 2 N–H and O–H groups in total. The minimum atomic E-state index is -0.789. The summed E-state index contributed by atoms with van der Waals surface area (Å²) in [5, 5.41) is 11.7. The zero-order chi connectivity index (χ0) is 16.1. The molecule has 0 aliphatic rings. The van der Waals surface area contributed by atoms with Gasteiger partial charge in [0.25, 0.3) is 0 Å². The molecule has 0 aliphatic heterocycles. The van der Waals surface area contributed by atoms with Crippen LogP contribution in [0.3, 0.4) is 0 Å². The van der Waals surface area contributed by atoms with Gasteiger partial charge in [-0.25, -0.2) is 9.97 Å². The number of benzene rings is 1. The highest BCUT2D eigenvalue weighted by atomic mass is 16.4. The largest absolute Gasteiger partial charge is 0.481 e. The zero-order valence-corrected chi connectivity index (χ0v) is 13.2. The molecule has 0 fully saturated rings. The molecule has 0 unspecified atom stereocenters. The predicted octanol–water partition coefficient (Wildman–Crippen LogP) is 3.35. The number of aryl methyl sites for hydroxylation is 3. The third-order valence-corrected chi connectivity index (χ3v) is 3.37. The van der Waals surface area contributed by atoms with Gasteiger partial charge in [-0.3, -0.25) is 4.79 Å². The van der Waals surface area contributed by atoms with Crippen molar-refractivity contribution in [3.05, 3.63) is 41.1 Å². The fraction of sp³-hybridized carbons (Fsp3) is 0.353. The molecule has 0 spiro atoms. The molecule has 2 aromatic rings. The molecule has 2 rings (SSSR count). The van der Waals surface area contributed by atoms with Crippen molar-refractivity contribution in [3.63, 3.8) is 0 Å². The Morgan fingerprint density at radius 1 is 1.18 bits per heavy atom. The number of aliphatic carboxylic acids is 1. The molecular weight excluding hydrogens is 278 g/mol. The molecular formula is C17H21N3O2. The van der Waals surface area contributed by atoms with Gasteiger partial charge >= 0.3 is 5.97 Å². The molecule has 0 amide bonds. The van der Waals surface area contributed by atoms with E-state index in [0.29, 0.717) is 18.9 Å². The van der Waals surface area contributed by atoms with E-state index < -0.39 is 5.97 Å². The molecule has 0 radical (unpaired) electrons. The number of rotatable bonds is 6. The van der Waals surface area contributed by atoms with E-state index in [-0.39, 0.29) is 6.42 Å². The maximum Gasteiger partial charge on any atom is 0.303 e. The van der Waals surface area contributed by atoms with Gasteiger partial charge in [-0.05, 0) is 44.9 Å². The summed E-state index contributed by atoms with van der Waals surface area (Å²) in [6, 6.07) is 8.25. The minimum absolute atomic E-state index is 0.142. The second-order valence-electron chi connectivity index (χ2n) is 5.46. The van der Waals surface area contributed by atoms with Crippen LogP contribution >= 0.6 is 0 Å². The number of anilines is 1. The van der Waals surface area contributed by atoms with Crippen LogP contribution in [0.1, 0.15) is 29.7 Å². The van der Waals surface area contributed by atoms with Gasteiger partial charge in [0.2, 0.25) is 5.95 Å². The first-order valence-corrected chi connectivity index (χ1v) is 7.34. The Labute approximate surface area is 130 Å². The first-order chi connectivity index (χ1) is 10.5. The Hall–Kier alpha value is -2.43. The molecule has 5 heteroatoms. The number of nitrogens with zero attached hydrogens (tertiary/aromatic N) is 2. The fourth-order valence-electron chi connectivity index (χ4n) is 2.24. The molecule has 0 saturated carbocycles. The monoisotopic (exact) mass is 299 g/mol. The van der Waals surface area contributed by atoms with Crippen LogP contribution in [0.15, 0.2) is 24.3 Å². The normalized spacial score (nSPS) is 10.5. The van der Waals surface area contributed by atoms with E-state index in [2.05, 4.69) is 47.3 Å². The molecule has 0 saturated heterocycles. The highest BCUT2D eigenvalue weighted by Gasteiger charge is 2.08. The van der Waals surface area contributed by atoms with Gasteiger partial charge in [0.15, 0.2) is 0 Å². The summed E-state index contributed by atoms with van der Waals surface area (Å²) >= 11 is 0. The Morgan fingerprint density at radius 2 is 1.95 bits per heavy atom. The number of aromatic nitrogens is 2. The SMILES string of the molecule is Cc1ccc(C)c(-c2cc(C)nc(NCCCC(=O)O)n2)c1. The lowest BCUT2D eigenvalue weighted by atomic mass is 10.0. The minimum Gasteiger partial charge on any atom is -0.481 e. The van der Waals surface area contributed by atoms with Crippen LogP contribution < -0.4 is 5.32 Å². The van der Waals surface area contributed by atoms with Gasteiger partial charge in [-0.15, -0.1) is 0 Å². The van der Waals surface area contributed by atoms with Crippen LogP contribution in [0.2, 0.25) is 0 Å². The van der Waals surface area contributed by atoms with Crippen molar-refractivity contribution < 1.29 is 9.90 Å². The summed E-state index contributed by atoms with van der Waals surface area (Å²) in [5.74, 6) is -0.246. The highest BCUT2D eigenvalue weighted by molar-refractivity contribution is 5.67. The summed E-state index contributed by atoms with van der Waals surface area (Å²) in [6.45, 7) is 6.59. The molecule has 1 aromatic heterocycles. The predicted molar refractivity (Wildman–Crippen MR) is 87.0 cm³/mol. The molecule has 1 aromatic carbocycles. The van der Waals surface area contributed by atoms with E-state index in [4.69, 9.17) is 5.11 Å².